The fourth-order valence-corrected chi connectivity index (χ4v) is 6.50. The van der Waals surface area contributed by atoms with Crippen LogP contribution in [0.1, 0.15) is 36.6 Å². The number of methoxy groups -OCH3 is 2. The number of halogens is 7. The Kier molecular flexibility index (Phi) is 16.8. The van der Waals surface area contributed by atoms with Gasteiger partial charge in [-0.3, -0.25) is 4.79 Å². The summed E-state index contributed by atoms with van der Waals surface area (Å²) in [5.74, 6) is -0.825. The van der Waals surface area contributed by atoms with Crippen LogP contribution in [0.5, 0.6) is 0 Å². The van der Waals surface area contributed by atoms with E-state index in [0.29, 0.717) is 56.6 Å². The fourth-order valence-electron chi connectivity index (χ4n) is 3.81. The second-order valence-corrected chi connectivity index (χ2v) is 14.8. The maximum absolute atomic E-state index is 11.8. The average molecular weight is 985 g/mol. The number of Topliss-reactive ketones (excluding diaryl/α,β-unsaturated/α-hetero) is 1. The number of benzene rings is 4. The molecule has 0 fully saturated rings. The van der Waals surface area contributed by atoms with E-state index < -0.39 is 11.9 Å². The third-order valence-electron chi connectivity index (χ3n) is 6.36. The van der Waals surface area contributed by atoms with E-state index in [9.17, 15) is 14.4 Å². The van der Waals surface area contributed by atoms with Crippen LogP contribution in [0.25, 0.3) is 21.8 Å². The molecule has 4 aromatic carbocycles. The second-order valence-electron chi connectivity index (χ2n) is 9.59. The molecule has 1 heterocycles. The van der Waals surface area contributed by atoms with Crippen molar-refractivity contribution in [3.63, 3.8) is 0 Å². The number of hydrogen-bond donors (Lipinski definition) is 1. The lowest BCUT2D eigenvalue weighted by atomic mass is 10.1. The van der Waals surface area contributed by atoms with Gasteiger partial charge in [-0.2, -0.15) is 0 Å². The number of carbonyl (C=O) groups excluding carboxylic acids is 3. The number of alkyl halides is 1. The summed E-state index contributed by atoms with van der Waals surface area (Å²) in [6.07, 6.45) is 0. The lowest BCUT2D eigenvalue weighted by Gasteiger charge is -2.04. The van der Waals surface area contributed by atoms with Crippen molar-refractivity contribution in [3.05, 3.63) is 129 Å². The maximum Gasteiger partial charge on any atom is 0.339 e. The Morgan fingerprint density at radius 1 is 0.740 bits per heavy atom. The summed E-state index contributed by atoms with van der Waals surface area (Å²) < 4.78 is 10.7. The van der Waals surface area contributed by atoms with Crippen LogP contribution in [0.15, 0.2) is 87.1 Å². The van der Waals surface area contributed by atoms with Crippen LogP contribution in [0, 0.1) is 0 Å². The number of esters is 2. The van der Waals surface area contributed by atoms with Gasteiger partial charge in [-0.1, -0.05) is 92.8 Å². The van der Waals surface area contributed by atoms with Gasteiger partial charge in [0.25, 0.3) is 0 Å². The molecule has 0 saturated carbocycles. The Labute approximate surface area is 342 Å². The first kappa shape index (κ1) is 42.0. The number of carbonyl (C=O) groups is 3. The number of thiazole rings is 1. The number of aromatic nitrogens is 1. The number of nitrogens with two attached hydrogens (primary N) is 1. The molecule has 50 heavy (non-hydrogen) atoms. The molecule has 0 aliphatic rings. The molecule has 0 amide bonds. The van der Waals surface area contributed by atoms with Crippen molar-refractivity contribution in [2.24, 2.45) is 5.73 Å². The highest BCUT2D eigenvalue weighted by Gasteiger charge is 2.15. The first-order valence-corrected chi connectivity index (χ1v) is 19.2. The van der Waals surface area contributed by atoms with Crippen molar-refractivity contribution < 1.29 is 23.9 Å². The molecule has 0 aliphatic carbocycles. The number of hydrogen-bond acceptors (Lipinski definition) is 8. The van der Waals surface area contributed by atoms with E-state index in [1.165, 1.54) is 25.6 Å². The van der Waals surface area contributed by atoms with Gasteiger partial charge in [0, 0.05) is 36.6 Å². The van der Waals surface area contributed by atoms with Crippen LogP contribution >= 0.6 is 118 Å². The minimum Gasteiger partial charge on any atom is -0.465 e. The molecule has 5 aromatic rings. The topological polar surface area (TPSA) is 109 Å². The van der Waals surface area contributed by atoms with Crippen molar-refractivity contribution >= 4 is 140 Å². The largest absolute Gasteiger partial charge is 0.465 e. The summed E-state index contributed by atoms with van der Waals surface area (Å²) in [6.45, 7) is 0. The number of ketones is 1. The monoisotopic (exact) mass is 980 g/mol. The van der Waals surface area contributed by atoms with E-state index in [2.05, 4.69) is 57.5 Å². The van der Waals surface area contributed by atoms with Crippen molar-refractivity contribution in [2.45, 2.75) is 0 Å². The molecule has 260 valence electrons. The molecule has 0 unspecified atom stereocenters. The smallest absolute Gasteiger partial charge is 0.339 e. The third-order valence-corrected chi connectivity index (χ3v) is 10.9. The Balaban J connectivity index is 0.000000222. The van der Waals surface area contributed by atoms with Gasteiger partial charge in [-0.25, -0.2) is 14.6 Å². The van der Waals surface area contributed by atoms with Crippen LogP contribution in [-0.4, -0.2) is 47.2 Å². The standard InChI is InChI=1S/C17H10BrCl2NO2S.C9H8BrNO2S.C8H5BrCl2O/c1-23-17(22)11-6-10(2-4-12(11)18)16-21-15(8-24-16)9-3-5-13(19)14(20)7-9;1-13-9(12)6-4-5(8(11)14)2-3-7(6)10;9-4-8(12)5-1-2-6(10)7(11)3-5/h2-8H,1H3;2-4H,1H3,(H2,11,14);1-3H,4H2. The van der Waals surface area contributed by atoms with Gasteiger partial charge in [0.05, 0.1) is 56.5 Å². The average Bonchev–Trinajstić information content (AvgIpc) is 3.61. The van der Waals surface area contributed by atoms with Crippen molar-refractivity contribution in [1.29, 1.82) is 0 Å². The summed E-state index contributed by atoms with van der Waals surface area (Å²) in [4.78, 5) is 39.1. The minimum atomic E-state index is -0.421. The molecule has 0 atom stereocenters. The van der Waals surface area contributed by atoms with Gasteiger partial charge in [-0.05, 0) is 86.5 Å². The van der Waals surface area contributed by atoms with Gasteiger partial charge in [0.15, 0.2) is 5.78 Å². The first-order chi connectivity index (χ1) is 23.7. The van der Waals surface area contributed by atoms with Gasteiger partial charge < -0.3 is 15.2 Å². The Bertz CT molecular complexity index is 2060. The van der Waals surface area contributed by atoms with Crippen molar-refractivity contribution in [1.82, 2.24) is 4.98 Å². The van der Waals surface area contributed by atoms with Crippen LogP contribution in [0.4, 0.5) is 0 Å². The number of nitrogens with zero attached hydrogens (tertiary/aromatic N) is 1. The lowest BCUT2D eigenvalue weighted by Crippen LogP contribution is -2.11. The molecule has 16 heteroatoms. The fraction of sp³-hybridized carbons (Fsp3) is 0.0882. The predicted molar refractivity (Wildman–Crippen MR) is 218 cm³/mol. The SMILES string of the molecule is COC(=O)c1cc(-c2nc(-c3ccc(Cl)c(Cl)c3)cs2)ccc1Br.COC(=O)c1cc(C(N)=S)ccc1Br.O=C(CBr)c1ccc(Cl)c(Cl)c1. The highest BCUT2D eigenvalue weighted by Crippen LogP contribution is 2.34. The molecular weight excluding hydrogens is 962 g/mol. The molecule has 0 spiro atoms. The van der Waals surface area contributed by atoms with Crippen LogP contribution in [0.2, 0.25) is 20.1 Å². The summed E-state index contributed by atoms with van der Waals surface area (Å²) in [7, 11) is 2.68. The predicted octanol–water partition coefficient (Wildman–Crippen LogP) is 11.8. The van der Waals surface area contributed by atoms with E-state index in [4.69, 9.17) is 69.1 Å². The van der Waals surface area contributed by atoms with E-state index >= 15 is 0 Å². The molecule has 0 saturated heterocycles. The summed E-state index contributed by atoms with van der Waals surface area (Å²) in [5.41, 5.74) is 10.1. The van der Waals surface area contributed by atoms with Crippen LogP contribution in [-0.2, 0) is 9.47 Å². The Hall–Kier alpha value is -2.39. The van der Waals surface area contributed by atoms with E-state index in [1.807, 2.05) is 23.6 Å². The van der Waals surface area contributed by atoms with Crippen molar-refractivity contribution in [2.75, 3.05) is 19.5 Å². The van der Waals surface area contributed by atoms with E-state index in [0.717, 1.165) is 21.8 Å². The zero-order valence-electron chi connectivity index (χ0n) is 25.7. The van der Waals surface area contributed by atoms with Gasteiger partial charge >= 0.3 is 11.9 Å². The zero-order chi connectivity index (χ0) is 37.1. The van der Waals surface area contributed by atoms with Crippen molar-refractivity contribution in [3.8, 4) is 21.8 Å². The lowest BCUT2D eigenvalue weighted by molar-refractivity contribution is 0.0591. The molecule has 2 N–H and O–H groups in total. The molecule has 0 bridgehead atoms. The van der Waals surface area contributed by atoms with Gasteiger partial charge in [0.1, 0.15) is 10.00 Å². The minimum absolute atomic E-state index is 0.00596. The van der Waals surface area contributed by atoms with Gasteiger partial charge in [-0.15, -0.1) is 11.3 Å². The molecule has 1 aromatic heterocycles. The normalized spacial score (nSPS) is 10.2. The molecule has 5 rings (SSSR count). The second kappa shape index (κ2) is 20.0. The quantitative estimate of drug-likeness (QED) is 0.0743. The Morgan fingerprint density at radius 3 is 1.80 bits per heavy atom. The number of thiocarbonyl (C=S) groups is 1. The van der Waals surface area contributed by atoms with Crippen LogP contribution in [0.3, 0.4) is 0 Å². The van der Waals surface area contributed by atoms with Gasteiger partial charge in [0.2, 0.25) is 0 Å². The summed E-state index contributed by atoms with van der Waals surface area (Å²) >= 11 is 39.3. The summed E-state index contributed by atoms with van der Waals surface area (Å²) in [5, 5.41) is 4.89. The third kappa shape index (κ3) is 11.6. The Morgan fingerprint density at radius 2 is 1.26 bits per heavy atom. The highest BCUT2D eigenvalue weighted by molar-refractivity contribution is 9.11. The van der Waals surface area contributed by atoms with E-state index in [-0.39, 0.29) is 10.8 Å². The molecular formula is C34H23Br3Cl4N2O5S2. The molecule has 0 radical (unpaired) electrons. The number of ether oxygens (including phenoxy) is 2. The van der Waals surface area contributed by atoms with Crippen LogP contribution < -0.4 is 5.73 Å². The zero-order valence-corrected chi connectivity index (χ0v) is 35.2. The first-order valence-electron chi connectivity index (χ1n) is 13.7. The highest BCUT2D eigenvalue weighted by atomic mass is 79.9. The molecule has 0 aliphatic heterocycles. The molecule has 7 nitrogen and oxygen atoms in total. The van der Waals surface area contributed by atoms with E-state index in [1.54, 1.807) is 54.6 Å². The summed E-state index contributed by atoms with van der Waals surface area (Å²) in [6, 6.07) is 20.7. The maximum atomic E-state index is 11.8. The number of rotatable bonds is 7.